The number of nitrogens with zero attached hydrogens (tertiary/aromatic N) is 1. The molecule has 0 saturated carbocycles. The predicted molar refractivity (Wildman–Crippen MR) is 112 cm³/mol. The first-order valence-corrected chi connectivity index (χ1v) is 9.11. The number of aromatic nitrogens is 1. The standard InChI is InChI=1S/C25H21NO/c1-18-23(20-12-6-3-7-13-20)19(2)26(22-16-10-5-11-17-22)25(27)24(18)21-14-8-4-9-15-21/h3-17H,1-2H3. The van der Waals surface area contributed by atoms with E-state index in [-0.39, 0.29) is 5.56 Å². The van der Waals surface area contributed by atoms with Crippen molar-refractivity contribution in [1.29, 1.82) is 0 Å². The lowest BCUT2D eigenvalue weighted by molar-refractivity contribution is 0.934. The van der Waals surface area contributed by atoms with Crippen molar-refractivity contribution in [2.75, 3.05) is 0 Å². The molecular formula is C25H21NO. The van der Waals surface area contributed by atoms with Crippen molar-refractivity contribution in [1.82, 2.24) is 4.57 Å². The first-order chi connectivity index (χ1) is 13.2. The van der Waals surface area contributed by atoms with Crippen LogP contribution in [0, 0.1) is 13.8 Å². The zero-order chi connectivity index (χ0) is 18.8. The number of hydrogen-bond donors (Lipinski definition) is 0. The van der Waals surface area contributed by atoms with Gasteiger partial charge in [-0.3, -0.25) is 9.36 Å². The zero-order valence-electron chi connectivity index (χ0n) is 15.5. The van der Waals surface area contributed by atoms with E-state index in [0.29, 0.717) is 0 Å². The summed E-state index contributed by atoms with van der Waals surface area (Å²) in [6, 6.07) is 30.1. The maximum atomic E-state index is 13.6. The molecule has 2 nitrogen and oxygen atoms in total. The molecule has 0 fully saturated rings. The molecule has 4 rings (SSSR count). The molecule has 1 aromatic heterocycles. The second-order valence-corrected chi connectivity index (χ2v) is 6.67. The van der Waals surface area contributed by atoms with Gasteiger partial charge in [-0.15, -0.1) is 0 Å². The second kappa shape index (κ2) is 7.08. The van der Waals surface area contributed by atoms with Crippen molar-refractivity contribution in [3.63, 3.8) is 0 Å². The quantitative estimate of drug-likeness (QED) is 0.458. The Morgan fingerprint density at radius 3 is 1.56 bits per heavy atom. The topological polar surface area (TPSA) is 22.0 Å². The van der Waals surface area contributed by atoms with Gasteiger partial charge in [0.2, 0.25) is 0 Å². The van der Waals surface area contributed by atoms with Crippen LogP contribution in [0.3, 0.4) is 0 Å². The maximum absolute atomic E-state index is 13.6. The fourth-order valence-electron chi connectivity index (χ4n) is 3.80. The van der Waals surface area contributed by atoms with E-state index in [0.717, 1.165) is 39.2 Å². The summed E-state index contributed by atoms with van der Waals surface area (Å²) in [7, 11) is 0. The van der Waals surface area contributed by atoms with E-state index in [9.17, 15) is 4.79 Å². The molecule has 0 amide bonds. The highest BCUT2D eigenvalue weighted by molar-refractivity contribution is 5.79. The summed E-state index contributed by atoms with van der Waals surface area (Å²) in [6.45, 7) is 4.08. The van der Waals surface area contributed by atoms with E-state index in [4.69, 9.17) is 0 Å². The molecule has 1 heterocycles. The van der Waals surface area contributed by atoms with E-state index in [1.807, 2.05) is 90.4 Å². The first-order valence-electron chi connectivity index (χ1n) is 9.11. The van der Waals surface area contributed by atoms with Gasteiger partial charge in [0.05, 0.1) is 5.56 Å². The number of rotatable bonds is 3. The molecule has 0 N–H and O–H groups in total. The van der Waals surface area contributed by atoms with Crippen molar-refractivity contribution in [3.05, 3.63) is 113 Å². The minimum absolute atomic E-state index is 0.0158. The minimum Gasteiger partial charge on any atom is -0.280 e. The third-order valence-electron chi connectivity index (χ3n) is 5.00. The Morgan fingerprint density at radius 2 is 1.04 bits per heavy atom. The van der Waals surface area contributed by atoms with Gasteiger partial charge in [-0.2, -0.15) is 0 Å². The van der Waals surface area contributed by atoms with Gasteiger partial charge >= 0.3 is 0 Å². The third kappa shape index (κ3) is 3.00. The molecule has 0 aliphatic heterocycles. The Balaban J connectivity index is 2.14. The fraction of sp³-hybridized carbons (Fsp3) is 0.0800. The van der Waals surface area contributed by atoms with E-state index >= 15 is 0 Å². The van der Waals surface area contributed by atoms with E-state index in [1.54, 1.807) is 0 Å². The van der Waals surface area contributed by atoms with Gasteiger partial charge < -0.3 is 0 Å². The third-order valence-corrected chi connectivity index (χ3v) is 5.00. The second-order valence-electron chi connectivity index (χ2n) is 6.67. The molecule has 0 aliphatic rings. The van der Waals surface area contributed by atoms with Crippen LogP contribution in [-0.4, -0.2) is 4.57 Å². The highest BCUT2D eigenvalue weighted by Gasteiger charge is 2.19. The smallest absolute Gasteiger partial charge is 0.263 e. The van der Waals surface area contributed by atoms with Crippen LogP contribution in [0.2, 0.25) is 0 Å². The molecule has 3 aromatic carbocycles. The Kier molecular flexibility index (Phi) is 4.47. The van der Waals surface area contributed by atoms with Gasteiger partial charge in [-0.1, -0.05) is 78.9 Å². The average molecular weight is 351 g/mol. The molecule has 2 heteroatoms. The van der Waals surface area contributed by atoms with Gasteiger partial charge in [0, 0.05) is 16.9 Å². The average Bonchev–Trinajstić information content (AvgIpc) is 2.70. The lowest BCUT2D eigenvalue weighted by atomic mass is 9.92. The summed E-state index contributed by atoms with van der Waals surface area (Å²) in [6.07, 6.45) is 0. The minimum atomic E-state index is 0.0158. The number of benzene rings is 3. The highest BCUT2D eigenvalue weighted by Crippen LogP contribution is 2.33. The lowest BCUT2D eigenvalue weighted by Gasteiger charge is -2.20. The molecule has 0 unspecified atom stereocenters. The molecule has 27 heavy (non-hydrogen) atoms. The van der Waals surface area contributed by atoms with Crippen molar-refractivity contribution in [2.24, 2.45) is 0 Å². The number of pyridine rings is 1. The summed E-state index contributed by atoms with van der Waals surface area (Å²) < 4.78 is 1.83. The van der Waals surface area contributed by atoms with Gasteiger partial charge in [0.25, 0.3) is 5.56 Å². The number of hydrogen-bond acceptors (Lipinski definition) is 1. The van der Waals surface area contributed by atoms with Crippen molar-refractivity contribution in [3.8, 4) is 27.9 Å². The number of para-hydroxylation sites is 1. The van der Waals surface area contributed by atoms with Crippen LogP contribution in [-0.2, 0) is 0 Å². The van der Waals surface area contributed by atoms with Crippen LogP contribution in [0.4, 0.5) is 0 Å². The normalized spacial score (nSPS) is 10.7. The largest absolute Gasteiger partial charge is 0.280 e. The molecule has 0 radical (unpaired) electrons. The lowest BCUT2D eigenvalue weighted by Crippen LogP contribution is -2.24. The van der Waals surface area contributed by atoms with Gasteiger partial charge in [0.1, 0.15) is 0 Å². The van der Waals surface area contributed by atoms with Crippen LogP contribution in [0.5, 0.6) is 0 Å². The summed E-state index contributed by atoms with van der Waals surface area (Å²) in [5, 5.41) is 0. The molecule has 0 atom stereocenters. The molecule has 4 aromatic rings. The van der Waals surface area contributed by atoms with Crippen LogP contribution >= 0.6 is 0 Å². The van der Waals surface area contributed by atoms with Crippen molar-refractivity contribution in [2.45, 2.75) is 13.8 Å². The van der Waals surface area contributed by atoms with Crippen molar-refractivity contribution < 1.29 is 0 Å². The Bertz CT molecular complexity index is 1060. The van der Waals surface area contributed by atoms with Crippen molar-refractivity contribution >= 4 is 0 Å². The monoisotopic (exact) mass is 351 g/mol. The maximum Gasteiger partial charge on any atom is 0.263 e. The Labute approximate surface area is 159 Å². The van der Waals surface area contributed by atoms with E-state index in [1.165, 1.54) is 0 Å². The van der Waals surface area contributed by atoms with Crippen LogP contribution in [0.1, 0.15) is 11.3 Å². The summed E-state index contributed by atoms with van der Waals surface area (Å²) >= 11 is 0. The van der Waals surface area contributed by atoms with E-state index in [2.05, 4.69) is 19.1 Å². The van der Waals surface area contributed by atoms with Gasteiger partial charge in [-0.05, 0) is 42.7 Å². The SMILES string of the molecule is Cc1c(-c2ccccc2)c(C)n(-c2ccccc2)c(=O)c1-c1ccccc1. The summed E-state index contributed by atoms with van der Waals surface area (Å²) in [5.74, 6) is 0. The van der Waals surface area contributed by atoms with Gasteiger partial charge in [-0.25, -0.2) is 0 Å². The van der Waals surface area contributed by atoms with Crippen LogP contribution in [0.25, 0.3) is 27.9 Å². The van der Waals surface area contributed by atoms with Crippen LogP contribution < -0.4 is 5.56 Å². The Hall–Kier alpha value is -3.39. The zero-order valence-corrected chi connectivity index (χ0v) is 15.5. The summed E-state index contributed by atoms with van der Waals surface area (Å²) in [4.78, 5) is 13.6. The fourth-order valence-corrected chi connectivity index (χ4v) is 3.80. The predicted octanol–water partition coefficient (Wildman–Crippen LogP) is 5.79. The Morgan fingerprint density at radius 1 is 0.593 bits per heavy atom. The summed E-state index contributed by atoms with van der Waals surface area (Å²) in [5.41, 5.74) is 6.80. The highest BCUT2D eigenvalue weighted by atomic mass is 16.1. The molecule has 132 valence electrons. The molecule has 0 bridgehead atoms. The first kappa shape index (κ1) is 17.0. The molecule has 0 aliphatic carbocycles. The molecule has 0 spiro atoms. The molecular weight excluding hydrogens is 330 g/mol. The van der Waals surface area contributed by atoms with E-state index < -0.39 is 0 Å². The molecule has 0 saturated heterocycles. The van der Waals surface area contributed by atoms with Gasteiger partial charge in [0.15, 0.2) is 0 Å². The van der Waals surface area contributed by atoms with Crippen LogP contribution in [0.15, 0.2) is 95.8 Å².